The van der Waals surface area contributed by atoms with E-state index >= 15 is 0 Å². The third kappa shape index (κ3) is 3.11. The van der Waals surface area contributed by atoms with Gasteiger partial charge in [-0.05, 0) is 23.9 Å². The van der Waals surface area contributed by atoms with Crippen molar-refractivity contribution in [3.8, 4) is 0 Å². The fourth-order valence-corrected chi connectivity index (χ4v) is 4.01. The Hall–Kier alpha value is -1.87. The smallest absolute Gasteiger partial charge is 0.240 e. The van der Waals surface area contributed by atoms with E-state index in [2.05, 4.69) is 55.6 Å². The van der Waals surface area contributed by atoms with Gasteiger partial charge < -0.3 is 10.2 Å². The van der Waals surface area contributed by atoms with E-state index in [1.165, 1.54) is 5.56 Å². The summed E-state index contributed by atoms with van der Waals surface area (Å²) in [6.45, 7) is 6.00. The molecule has 122 valence electrons. The van der Waals surface area contributed by atoms with Crippen LogP contribution in [0.15, 0.2) is 54.6 Å². The molecule has 3 heteroatoms. The first-order chi connectivity index (χ1) is 11.0. The van der Waals surface area contributed by atoms with Gasteiger partial charge in [-0.25, -0.2) is 0 Å². The lowest BCUT2D eigenvalue weighted by molar-refractivity contribution is -0.134. The van der Waals surface area contributed by atoms with Gasteiger partial charge in [0, 0.05) is 19.0 Å². The van der Waals surface area contributed by atoms with E-state index in [1.54, 1.807) is 0 Å². The first-order valence-corrected chi connectivity index (χ1v) is 8.38. The molecule has 1 fully saturated rings. The van der Waals surface area contributed by atoms with Gasteiger partial charge >= 0.3 is 0 Å². The molecule has 0 aromatic heterocycles. The van der Waals surface area contributed by atoms with Gasteiger partial charge in [0.2, 0.25) is 5.91 Å². The molecule has 0 saturated carbocycles. The average molecular weight is 310 g/mol. The van der Waals surface area contributed by atoms with E-state index in [-0.39, 0.29) is 23.3 Å². The number of allylic oxidation sites excluding steroid dienone is 3. The summed E-state index contributed by atoms with van der Waals surface area (Å²) in [6, 6.07) is 10.1. The number of likely N-dealkylation sites (N-methyl/N-ethyl adjacent to an activating group) is 1. The summed E-state index contributed by atoms with van der Waals surface area (Å²) in [7, 11) is 1.89. The van der Waals surface area contributed by atoms with Crippen molar-refractivity contribution in [1.82, 2.24) is 10.2 Å². The van der Waals surface area contributed by atoms with Gasteiger partial charge in [-0.2, -0.15) is 0 Å². The number of amides is 1. The first kappa shape index (κ1) is 16.0. The number of benzene rings is 1. The number of rotatable bonds is 3. The zero-order valence-electron chi connectivity index (χ0n) is 14.2. The molecule has 23 heavy (non-hydrogen) atoms. The maximum atomic E-state index is 13.1. The van der Waals surface area contributed by atoms with Gasteiger partial charge in [-0.15, -0.1) is 0 Å². The quantitative estimate of drug-likeness (QED) is 0.931. The maximum Gasteiger partial charge on any atom is 0.240 e. The molecule has 0 spiro atoms. The van der Waals surface area contributed by atoms with Gasteiger partial charge in [-0.3, -0.25) is 4.79 Å². The summed E-state index contributed by atoms with van der Waals surface area (Å²) in [4.78, 5) is 15.2. The average Bonchev–Trinajstić information content (AvgIpc) is 2.63. The van der Waals surface area contributed by atoms with E-state index < -0.39 is 0 Å². The van der Waals surface area contributed by atoms with Crippen LogP contribution in [0.3, 0.4) is 0 Å². The molecular weight excluding hydrogens is 284 g/mol. The molecular formula is C20H26N2O. The second-order valence-corrected chi connectivity index (χ2v) is 7.31. The first-order valence-electron chi connectivity index (χ1n) is 8.38. The standard InChI is InChI=1S/C20H26N2O/c1-20(2)14-22(13-15-9-5-4-6-10-15)19(23)18(21-3)16-11-7-8-12-17(16)20/h4-12,16-18,21H,13-14H2,1-3H3. The molecule has 1 N–H and O–H groups in total. The van der Waals surface area contributed by atoms with Crippen LogP contribution in [0, 0.1) is 17.3 Å². The van der Waals surface area contributed by atoms with Crippen LogP contribution in [0.25, 0.3) is 0 Å². The number of hydrogen-bond donors (Lipinski definition) is 1. The van der Waals surface area contributed by atoms with E-state index in [9.17, 15) is 4.79 Å². The lowest BCUT2D eigenvalue weighted by Gasteiger charge is -2.37. The molecule has 1 aromatic rings. The minimum atomic E-state index is -0.160. The van der Waals surface area contributed by atoms with Gasteiger partial charge in [0.1, 0.15) is 0 Å². The second kappa shape index (κ2) is 6.32. The minimum Gasteiger partial charge on any atom is -0.336 e. The third-order valence-electron chi connectivity index (χ3n) is 5.17. The molecule has 1 aromatic carbocycles. The Morgan fingerprint density at radius 3 is 2.57 bits per heavy atom. The Morgan fingerprint density at radius 1 is 1.17 bits per heavy atom. The molecule has 1 aliphatic carbocycles. The van der Waals surface area contributed by atoms with Crippen LogP contribution in [-0.4, -0.2) is 30.4 Å². The van der Waals surface area contributed by atoms with Crippen LogP contribution in [0.4, 0.5) is 0 Å². The molecule has 3 unspecified atom stereocenters. The zero-order chi connectivity index (χ0) is 16.4. The molecule has 0 radical (unpaired) electrons. The summed E-state index contributed by atoms with van der Waals surface area (Å²) < 4.78 is 0. The number of nitrogens with one attached hydrogen (secondary N) is 1. The molecule has 3 nitrogen and oxygen atoms in total. The molecule has 2 aliphatic rings. The van der Waals surface area contributed by atoms with Crippen LogP contribution in [0.5, 0.6) is 0 Å². The summed E-state index contributed by atoms with van der Waals surface area (Å²) in [6.07, 6.45) is 8.65. The largest absolute Gasteiger partial charge is 0.336 e. The lowest BCUT2D eigenvalue weighted by Crippen LogP contribution is -2.47. The molecule has 1 aliphatic heterocycles. The second-order valence-electron chi connectivity index (χ2n) is 7.31. The van der Waals surface area contributed by atoms with Crippen molar-refractivity contribution < 1.29 is 4.79 Å². The van der Waals surface area contributed by atoms with Crippen LogP contribution < -0.4 is 5.32 Å². The van der Waals surface area contributed by atoms with Crippen molar-refractivity contribution in [3.05, 3.63) is 60.2 Å². The Morgan fingerprint density at radius 2 is 1.87 bits per heavy atom. The summed E-state index contributed by atoms with van der Waals surface area (Å²) in [5.41, 5.74) is 1.23. The lowest BCUT2D eigenvalue weighted by atomic mass is 9.69. The number of carbonyl (C=O) groups excluding carboxylic acids is 1. The van der Waals surface area contributed by atoms with Gasteiger partial charge in [0.05, 0.1) is 6.04 Å². The Bertz CT molecular complexity index is 618. The van der Waals surface area contributed by atoms with E-state index in [1.807, 2.05) is 30.1 Å². The van der Waals surface area contributed by atoms with Gasteiger partial charge in [-0.1, -0.05) is 68.5 Å². The molecule has 3 rings (SSSR count). The fraction of sp³-hybridized carbons (Fsp3) is 0.450. The summed E-state index contributed by atoms with van der Waals surface area (Å²) in [5, 5.41) is 3.27. The molecule has 1 heterocycles. The Kier molecular flexibility index (Phi) is 4.40. The van der Waals surface area contributed by atoms with E-state index in [4.69, 9.17) is 0 Å². The highest BCUT2D eigenvalue weighted by atomic mass is 16.2. The molecule has 1 saturated heterocycles. The topological polar surface area (TPSA) is 32.3 Å². The highest BCUT2D eigenvalue weighted by Crippen LogP contribution is 2.41. The van der Waals surface area contributed by atoms with Crippen molar-refractivity contribution >= 4 is 5.91 Å². The number of fused-ring (bicyclic) bond motifs is 1. The molecule has 0 bridgehead atoms. The van der Waals surface area contributed by atoms with Crippen LogP contribution >= 0.6 is 0 Å². The van der Waals surface area contributed by atoms with Crippen molar-refractivity contribution in [3.63, 3.8) is 0 Å². The molecule has 1 amide bonds. The van der Waals surface area contributed by atoms with E-state index in [0.29, 0.717) is 12.5 Å². The van der Waals surface area contributed by atoms with Gasteiger partial charge in [0.15, 0.2) is 0 Å². The van der Waals surface area contributed by atoms with E-state index in [0.717, 1.165) is 6.54 Å². The molecule has 3 atom stereocenters. The SMILES string of the molecule is CNC1C(=O)N(Cc2ccccc2)CC(C)(C)C2C=CC=CC12. The van der Waals surface area contributed by atoms with Crippen LogP contribution in [0.1, 0.15) is 19.4 Å². The Balaban J connectivity index is 1.93. The van der Waals surface area contributed by atoms with Crippen molar-refractivity contribution in [1.29, 1.82) is 0 Å². The Labute approximate surface area is 139 Å². The number of hydrogen-bond acceptors (Lipinski definition) is 2. The third-order valence-corrected chi connectivity index (χ3v) is 5.17. The van der Waals surface area contributed by atoms with Crippen LogP contribution in [0.2, 0.25) is 0 Å². The van der Waals surface area contributed by atoms with Gasteiger partial charge in [0.25, 0.3) is 0 Å². The highest BCUT2D eigenvalue weighted by molar-refractivity contribution is 5.83. The monoisotopic (exact) mass is 310 g/mol. The highest BCUT2D eigenvalue weighted by Gasteiger charge is 2.45. The zero-order valence-corrected chi connectivity index (χ0v) is 14.2. The predicted octanol–water partition coefficient (Wildman–Crippen LogP) is 3.00. The fourth-order valence-electron chi connectivity index (χ4n) is 4.01. The number of carbonyl (C=O) groups is 1. The predicted molar refractivity (Wildman–Crippen MR) is 93.7 cm³/mol. The van der Waals surface area contributed by atoms with Crippen molar-refractivity contribution in [2.45, 2.75) is 26.4 Å². The van der Waals surface area contributed by atoms with Crippen molar-refractivity contribution in [2.24, 2.45) is 17.3 Å². The maximum absolute atomic E-state index is 13.1. The number of likely N-dealkylation sites (tertiary alicyclic amines) is 1. The summed E-state index contributed by atoms with van der Waals surface area (Å²) in [5.74, 6) is 0.792. The minimum absolute atomic E-state index is 0.0436. The summed E-state index contributed by atoms with van der Waals surface area (Å²) >= 11 is 0. The normalized spacial score (nSPS) is 29.3. The van der Waals surface area contributed by atoms with Crippen molar-refractivity contribution in [2.75, 3.05) is 13.6 Å². The van der Waals surface area contributed by atoms with Crippen LogP contribution in [-0.2, 0) is 11.3 Å². The number of nitrogens with zero attached hydrogens (tertiary/aromatic N) is 1.